The van der Waals surface area contributed by atoms with E-state index in [-0.39, 0.29) is 11.4 Å². The number of carbonyl (C=O) groups excluding carboxylic acids is 1. The number of rotatable bonds is 2. The van der Waals surface area contributed by atoms with Gasteiger partial charge in [-0.2, -0.15) is 13.2 Å². The molecule has 88 valence electrons. The fourth-order valence-electron chi connectivity index (χ4n) is 1.13. The van der Waals surface area contributed by atoms with Gasteiger partial charge in [-0.15, -0.1) is 0 Å². The fourth-order valence-corrected chi connectivity index (χ4v) is 1.13. The van der Waals surface area contributed by atoms with Crippen molar-refractivity contribution < 1.29 is 27.8 Å². The summed E-state index contributed by atoms with van der Waals surface area (Å²) in [7, 11) is 1.09. The Bertz CT molecular complexity index is 403. The highest BCUT2D eigenvalue weighted by Gasteiger charge is 2.34. The summed E-state index contributed by atoms with van der Waals surface area (Å²) in [6.45, 7) is 0. The van der Waals surface area contributed by atoms with E-state index in [0.717, 1.165) is 19.2 Å². The summed E-state index contributed by atoms with van der Waals surface area (Å²) in [5.41, 5.74) is -1.28. The number of methoxy groups -OCH3 is 1. The predicted molar refractivity (Wildman–Crippen MR) is 47.0 cm³/mol. The third kappa shape index (κ3) is 2.78. The number of halogens is 3. The number of amides is 1. The average molecular weight is 234 g/mol. The number of nitrogens with one attached hydrogen (secondary N) is 1. The van der Waals surface area contributed by atoms with Gasteiger partial charge in [-0.3, -0.25) is 0 Å². The van der Waals surface area contributed by atoms with Crippen molar-refractivity contribution >= 4 is 11.8 Å². The van der Waals surface area contributed by atoms with Gasteiger partial charge in [0.15, 0.2) is 0 Å². The summed E-state index contributed by atoms with van der Waals surface area (Å²) < 4.78 is 42.0. The molecule has 0 atom stereocenters. The Labute approximate surface area is 88.6 Å². The molecule has 1 aromatic carbocycles. The zero-order valence-electron chi connectivity index (χ0n) is 8.09. The molecule has 0 spiro atoms. The molecule has 1 aromatic rings. The molecule has 0 unspecified atom stereocenters. The van der Waals surface area contributed by atoms with Crippen molar-refractivity contribution in [2.45, 2.75) is 6.18 Å². The summed E-state index contributed by atoms with van der Waals surface area (Å²) in [5, 5.41) is 11.9. The fraction of sp³-hybridized carbons (Fsp3) is 0.222. The van der Waals surface area contributed by atoms with Crippen LogP contribution in [-0.2, 0) is 6.18 Å². The number of carboxylic acid groups (broad SMARTS) is 1. The zero-order valence-corrected chi connectivity index (χ0v) is 8.09. The lowest BCUT2D eigenvalue weighted by Crippen LogP contribution is -2.28. The van der Waals surface area contributed by atoms with E-state index in [2.05, 4.69) is 4.74 Å². The molecular weight excluding hydrogens is 227 g/mol. The minimum absolute atomic E-state index is 0.229. The SMILES string of the molecule is COc1ccc(NC(=O)[O-])cc1C(F)(F)F. The number of hydrogen-bond donors (Lipinski definition) is 1. The highest BCUT2D eigenvalue weighted by molar-refractivity contribution is 5.81. The lowest BCUT2D eigenvalue weighted by atomic mass is 10.1. The maximum Gasteiger partial charge on any atom is 0.420 e. The molecule has 0 aliphatic carbocycles. The van der Waals surface area contributed by atoms with Crippen LogP contribution >= 0.6 is 0 Å². The van der Waals surface area contributed by atoms with Crippen LogP contribution in [0.5, 0.6) is 5.75 Å². The van der Waals surface area contributed by atoms with Crippen molar-refractivity contribution in [1.82, 2.24) is 0 Å². The number of hydrogen-bond acceptors (Lipinski definition) is 3. The number of benzene rings is 1. The van der Waals surface area contributed by atoms with Crippen LogP contribution in [0.4, 0.5) is 23.7 Å². The Balaban J connectivity index is 3.16. The van der Waals surface area contributed by atoms with Crippen LogP contribution in [0.15, 0.2) is 18.2 Å². The van der Waals surface area contributed by atoms with E-state index in [9.17, 15) is 23.1 Å². The topological polar surface area (TPSA) is 61.4 Å². The van der Waals surface area contributed by atoms with Crippen LogP contribution in [0.1, 0.15) is 5.56 Å². The van der Waals surface area contributed by atoms with Crippen molar-refractivity contribution in [1.29, 1.82) is 0 Å². The summed E-state index contributed by atoms with van der Waals surface area (Å²) in [4.78, 5) is 10.1. The summed E-state index contributed by atoms with van der Waals surface area (Å²) in [6, 6.07) is 2.80. The predicted octanol–water partition coefficient (Wildman–Crippen LogP) is 1.47. The van der Waals surface area contributed by atoms with E-state index in [1.165, 1.54) is 0 Å². The number of carbonyl (C=O) groups is 1. The van der Waals surface area contributed by atoms with Crippen molar-refractivity contribution in [3.05, 3.63) is 23.8 Å². The van der Waals surface area contributed by atoms with Crippen molar-refractivity contribution in [3.63, 3.8) is 0 Å². The lowest BCUT2D eigenvalue weighted by molar-refractivity contribution is -0.242. The maximum absolute atomic E-state index is 12.5. The number of alkyl halides is 3. The molecule has 0 saturated carbocycles. The molecule has 0 radical (unpaired) electrons. The third-order valence-corrected chi connectivity index (χ3v) is 1.75. The van der Waals surface area contributed by atoms with Crippen molar-refractivity contribution in [2.75, 3.05) is 12.4 Å². The Morgan fingerprint density at radius 1 is 1.44 bits per heavy atom. The highest BCUT2D eigenvalue weighted by atomic mass is 19.4. The molecule has 1 N–H and O–H groups in total. The summed E-state index contributed by atoms with van der Waals surface area (Å²) in [6.07, 6.45) is -6.30. The van der Waals surface area contributed by atoms with E-state index in [4.69, 9.17) is 0 Å². The Morgan fingerprint density at radius 2 is 2.06 bits per heavy atom. The van der Waals surface area contributed by atoms with Gasteiger partial charge < -0.3 is 20.0 Å². The van der Waals surface area contributed by atoms with Gasteiger partial charge in [-0.25, -0.2) is 0 Å². The highest BCUT2D eigenvalue weighted by Crippen LogP contribution is 2.37. The van der Waals surface area contributed by atoms with Crippen molar-refractivity contribution in [3.8, 4) is 5.75 Å². The van der Waals surface area contributed by atoms with Crippen LogP contribution in [0.2, 0.25) is 0 Å². The Hall–Kier alpha value is -1.92. The Kier molecular flexibility index (Phi) is 3.26. The molecule has 0 saturated heterocycles. The maximum atomic E-state index is 12.5. The second-order valence-electron chi connectivity index (χ2n) is 2.83. The number of anilines is 1. The van der Waals surface area contributed by atoms with Crippen LogP contribution < -0.4 is 15.2 Å². The molecule has 1 rings (SSSR count). The molecule has 0 fully saturated rings. The minimum Gasteiger partial charge on any atom is -0.530 e. The molecule has 7 heteroatoms. The molecule has 0 heterocycles. The first-order chi connectivity index (χ1) is 7.34. The standard InChI is InChI=1S/C9H8F3NO3/c1-16-7-3-2-5(13-8(14)15)4-6(7)9(10,11)12/h2-4,13H,1H3,(H,14,15)/p-1. The van der Waals surface area contributed by atoms with E-state index < -0.39 is 17.8 Å². The second-order valence-corrected chi connectivity index (χ2v) is 2.83. The molecular formula is C9H7F3NO3-. The van der Waals surface area contributed by atoms with Gasteiger partial charge in [-0.1, -0.05) is 0 Å². The van der Waals surface area contributed by atoms with Gasteiger partial charge in [0.1, 0.15) is 11.8 Å². The molecule has 16 heavy (non-hydrogen) atoms. The molecule has 0 aromatic heterocycles. The first kappa shape index (κ1) is 12.2. The minimum atomic E-state index is -4.62. The van der Waals surface area contributed by atoms with Gasteiger partial charge in [0.2, 0.25) is 0 Å². The van der Waals surface area contributed by atoms with Crippen LogP contribution in [0.25, 0.3) is 0 Å². The second kappa shape index (κ2) is 4.30. The van der Waals surface area contributed by atoms with E-state index >= 15 is 0 Å². The summed E-state index contributed by atoms with van der Waals surface area (Å²) >= 11 is 0. The van der Waals surface area contributed by atoms with Gasteiger partial charge in [-0.05, 0) is 18.2 Å². The van der Waals surface area contributed by atoms with Gasteiger partial charge in [0.25, 0.3) is 0 Å². The normalized spacial score (nSPS) is 11.0. The monoisotopic (exact) mass is 234 g/mol. The molecule has 0 aliphatic rings. The van der Waals surface area contributed by atoms with Gasteiger partial charge >= 0.3 is 6.18 Å². The van der Waals surface area contributed by atoms with Gasteiger partial charge in [0, 0.05) is 5.69 Å². The largest absolute Gasteiger partial charge is 0.530 e. The van der Waals surface area contributed by atoms with E-state index in [1.807, 2.05) is 0 Å². The van der Waals surface area contributed by atoms with Crippen molar-refractivity contribution in [2.24, 2.45) is 0 Å². The van der Waals surface area contributed by atoms with Crippen LogP contribution in [-0.4, -0.2) is 13.2 Å². The first-order valence-corrected chi connectivity index (χ1v) is 4.08. The van der Waals surface area contributed by atoms with Gasteiger partial charge in [0.05, 0.1) is 12.7 Å². The Morgan fingerprint density at radius 3 is 2.50 bits per heavy atom. The third-order valence-electron chi connectivity index (χ3n) is 1.75. The molecule has 1 amide bonds. The van der Waals surface area contributed by atoms with Crippen LogP contribution in [0, 0.1) is 0 Å². The first-order valence-electron chi connectivity index (χ1n) is 4.08. The zero-order chi connectivity index (χ0) is 12.3. The van der Waals surface area contributed by atoms with E-state index in [1.54, 1.807) is 5.32 Å². The smallest absolute Gasteiger partial charge is 0.420 e. The van der Waals surface area contributed by atoms with E-state index in [0.29, 0.717) is 6.07 Å². The average Bonchev–Trinajstić information content (AvgIpc) is 2.15. The molecule has 4 nitrogen and oxygen atoms in total. The molecule has 0 aliphatic heterocycles. The number of ether oxygens (including phenoxy) is 1. The lowest BCUT2D eigenvalue weighted by Gasteiger charge is -2.14. The van der Waals surface area contributed by atoms with Crippen LogP contribution in [0.3, 0.4) is 0 Å². The summed E-state index contributed by atoms with van der Waals surface area (Å²) in [5.74, 6) is -0.378. The quantitative estimate of drug-likeness (QED) is 0.842. The molecule has 0 bridgehead atoms.